The molecule has 0 unspecified atom stereocenters. The van der Waals surface area contributed by atoms with Gasteiger partial charge in [0, 0.05) is 16.0 Å². The Morgan fingerprint density at radius 3 is 2.62 bits per heavy atom. The van der Waals surface area contributed by atoms with Gasteiger partial charge in [0.05, 0.1) is 12.1 Å². The van der Waals surface area contributed by atoms with Crippen LogP contribution in [0.2, 0.25) is 10.0 Å². The number of halogens is 2. The van der Waals surface area contributed by atoms with Crippen molar-refractivity contribution in [3.8, 4) is 0 Å². The second kappa shape index (κ2) is 6.18. The number of benzene rings is 1. The zero-order valence-corrected chi connectivity index (χ0v) is 11.1. The highest BCUT2D eigenvalue weighted by Crippen LogP contribution is 2.31. The minimum Gasteiger partial charge on any atom is -0.466 e. The second-order valence-corrected chi connectivity index (χ2v) is 4.53. The topological polar surface area (TPSA) is 26.3 Å². The molecular formula is C11H10Cl2O2S. The lowest BCUT2D eigenvalue weighted by molar-refractivity contribution is -0.134. The monoisotopic (exact) mass is 276 g/mol. The quantitative estimate of drug-likeness (QED) is 0.476. The molecule has 0 heterocycles. The van der Waals surface area contributed by atoms with Crippen LogP contribution in [0.4, 0.5) is 0 Å². The van der Waals surface area contributed by atoms with E-state index in [9.17, 15) is 4.79 Å². The van der Waals surface area contributed by atoms with E-state index < -0.39 is 5.97 Å². The first-order chi connectivity index (χ1) is 7.58. The molecule has 0 aliphatic rings. The normalized spacial score (nSPS) is 10.8. The Morgan fingerprint density at radius 1 is 1.38 bits per heavy atom. The number of hydrogen-bond donors (Lipinski definition) is 0. The molecule has 0 amide bonds. The number of methoxy groups -OCH3 is 1. The summed E-state index contributed by atoms with van der Waals surface area (Å²) in [7, 11) is 1.32. The number of carbonyl (C=O) groups excluding carboxylic acids is 1. The van der Waals surface area contributed by atoms with Gasteiger partial charge in [-0.2, -0.15) is 0 Å². The summed E-state index contributed by atoms with van der Waals surface area (Å²) >= 11 is 13.6. The van der Waals surface area contributed by atoms with Crippen molar-refractivity contribution in [3.63, 3.8) is 0 Å². The lowest BCUT2D eigenvalue weighted by Crippen LogP contribution is -1.93. The molecule has 2 nitrogen and oxygen atoms in total. The van der Waals surface area contributed by atoms with Crippen LogP contribution in [-0.2, 0) is 9.53 Å². The molecule has 0 bridgehead atoms. The number of esters is 1. The first-order valence-corrected chi connectivity index (χ1v) is 6.35. The minimum atomic E-state index is -0.430. The van der Waals surface area contributed by atoms with Crippen molar-refractivity contribution in [1.29, 1.82) is 0 Å². The average molecular weight is 277 g/mol. The molecule has 0 radical (unpaired) electrons. The summed E-state index contributed by atoms with van der Waals surface area (Å²) in [5, 5.41) is 1.16. The molecule has 0 aliphatic heterocycles. The molecule has 0 saturated heterocycles. The van der Waals surface area contributed by atoms with Gasteiger partial charge in [-0.1, -0.05) is 23.2 Å². The average Bonchev–Trinajstić information content (AvgIpc) is 2.29. The fourth-order valence-corrected chi connectivity index (χ4v) is 2.24. The number of thioether (sulfide) groups is 1. The van der Waals surface area contributed by atoms with Crippen LogP contribution in [0.25, 0.3) is 6.08 Å². The van der Waals surface area contributed by atoms with Gasteiger partial charge in [-0.3, -0.25) is 0 Å². The van der Waals surface area contributed by atoms with Crippen molar-refractivity contribution in [1.82, 2.24) is 0 Å². The van der Waals surface area contributed by atoms with Crippen molar-refractivity contribution < 1.29 is 9.53 Å². The fraction of sp³-hybridized carbons (Fsp3) is 0.182. The fourth-order valence-electron chi connectivity index (χ4n) is 1.05. The predicted octanol–water partition coefficient (Wildman–Crippen LogP) is 3.90. The SMILES string of the molecule is COC(=O)/C=C/c1cc(Cl)c(SC)cc1Cl. The van der Waals surface area contributed by atoms with Gasteiger partial charge in [0.2, 0.25) is 0 Å². The van der Waals surface area contributed by atoms with E-state index in [0.717, 1.165) is 4.90 Å². The molecule has 16 heavy (non-hydrogen) atoms. The van der Waals surface area contributed by atoms with E-state index in [0.29, 0.717) is 15.6 Å². The van der Waals surface area contributed by atoms with E-state index in [-0.39, 0.29) is 0 Å². The molecule has 0 aliphatic carbocycles. The Labute approximate surface area is 109 Å². The number of hydrogen-bond acceptors (Lipinski definition) is 3. The lowest BCUT2D eigenvalue weighted by atomic mass is 10.2. The highest BCUT2D eigenvalue weighted by atomic mass is 35.5. The zero-order chi connectivity index (χ0) is 12.1. The van der Waals surface area contributed by atoms with Crippen LogP contribution in [0.5, 0.6) is 0 Å². The van der Waals surface area contributed by atoms with Crippen molar-refractivity contribution in [2.24, 2.45) is 0 Å². The van der Waals surface area contributed by atoms with Gasteiger partial charge in [-0.15, -0.1) is 11.8 Å². The summed E-state index contributed by atoms with van der Waals surface area (Å²) in [4.78, 5) is 11.8. The number of ether oxygens (including phenoxy) is 1. The molecule has 5 heteroatoms. The summed E-state index contributed by atoms with van der Waals surface area (Å²) in [5.41, 5.74) is 0.690. The summed E-state index contributed by atoms with van der Waals surface area (Å²) in [6.45, 7) is 0. The van der Waals surface area contributed by atoms with Crippen LogP contribution in [0.1, 0.15) is 5.56 Å². The Morgan fingerprint density at radius 2 is 2.06 bits per heavy atom. The maximum absolute atomic E-state index is 10.9. The summed E-state index contributed by atoms with van der Waals surface area (Å²) in [6.07, 6.45) is 4.79. The largest absolute Gasteiger partial charge is 0.466 e. The number of rotatable bonds is 3. The van der Waals surface area contributed by atoms with Gasteiger partial charge in [-0.25, -0.2) is 4.79 Å². The van der Waals surface area contributed by atoms with E-state index in [2.05, 4.69) is 4.74 Å². The first-order valence-electron chi connectivity index (χ1n) is 4.37. The van der Waals surface area contributed by atoms with E-state index >= 15 is 0 Å². The van der Waals surface area contributed by atoms with E-state index in [1.54, 1.807) is 18.2 Å². The molecule has 1 aromatic carbocycles. The number of carbonyl (C=O) groups is 1. The van der Waals surface area contributed by atoms with E-state index in [1.165, 1.54) is 24.9 Å². The third-order valence-electron chi connectivity index (χ3n) is 1.87. The maximum atomic E-state index is 10.9. The van der Waals surface area contributed by atoms with Crippen molar-refractivity contribution >= 4 is 47.0 Å². The van der Waals surface area contributed by atoms with Gasteiger partial charge < -0.3 is 4.74 Å². The molecule has 0 atom stereocenters. The Hall–Kier alpha value is -0.640. The molecule has 0 N–H and O–H groups in total. The lowest BCUT2D eigenvalue weighted by Gasteiger charge is -2.04. The minimum absolute atomic E-state index is 0.430. The molecule has 1 rings (SSSR count). The molecular weight excluding hydrogens is 267 g/mol. The third-order valence-corrected chi connectivity index (χ3v) is 3.40. The van der Waals surface area contributed by atoms with Crippen LogP contribution in [0.3, 0.4) is 0 Å². The smallest absolute Gasteiger partial charge is 0.330 e. The van der Waals surface area contributed by atoms with Gasteiger partial charge in [0.25, 0.3) is 0 Å². The van der Waals surface area contributed by atoms with Gasteiger partial charge in [0.15, 0.2) is 0 Å². The van der Waals surface area contributed by atoms with Gasteiger partial charge in [0.1, 0.15) is 0 Å². The maximum Gasteiger partial charge on any atom is 0.330 e. The molecule has 0 saturated carbocycles. The van der Waals surface area contributed by atoms with E-state index in [4.69, 9.17) is 23.2 Å². The molecule has 1 aromatic rings. The summed E-state index contributed by atoms with van der Waals surface area (Å²) < 4.78 is 4.48. The van der Waals surface area contributed by atoms with E-state index in [1.807, 2.05) is 6.26 Å². The van der Waals surface area contributed by atoms with Crippen molar-refractivity contribution in [3.05, 3.63) is 33.8 Å². The predicted molar refractivity (Wildman–Crippen MR) is 69.3 cm³/mol. The van der Waals surface area contributed by atoms with Gasteiger partial charge in [-0.05, 0) is 30.0 Å². The first kappa shape index (κ1) is 13.4. The van der Waals surface area contributed by atoms with Crippen LogP contribution in [0.15, 0.2) is 23.1 Å². The Kier molecular flexibility index (Phi) is 5.19. The molecule has 0 aromatic heterocycles. The van der Waals surface area contributed by atoms with Crippen molar-refractivity contribution in [2.75, 3.05) is 13.4 Å². The standard InChI is InChI=1S/C11H10Cl2O2S/c1-15-11(14)4-3-7-5-9(13)10(16-2)6-8(7)12/h3-6H,1-2H3/b4-3+. The summed E-state index contributed by atoms with van der Waals surface area (Å²) in [6, 6.07) is 3.49. The van der Waals surface area contributed by atoms with Crippen molar-refractivity contribution in [2.45, 2.75) is 4.90 Å². The summed E-state index contributed by atoms with van der Waals surface area (Å²) in [5.74, 6) is -0.430. The van der Waals surface area contributed by atoms with Crippen LogP contribution >= 0.6 is 35.0 Å². The van der Waals surface area contributed by atoms with Crippen LogP contribution in [-0.4, -0.2) is 19.3 Å². The molecule has 0 fully saturated rings. The van der Waals surface area contributed by atoms with Crippen LogP contribution < -0.4 is 0 Å². The molecule has 86 valence electrons. The zero-order valence-electron chi connectivity index (χ0n) is 8.79. The Bertz CT molecular complexity index is 430. The second-order valence-electron chi connectivity index (χ2n) is 2.86. The third kappa shape index (κ3) is 3.44. The van der Waals surface area contributed by atoms with Crippen LogP contribution in [0, 0.1) is 0 Å². The Balaban J connectivity index is 3.02. The molecule has 0 spiro atoms. The highest BCUT2D eigenvalue weighted by Gasteiger charge is 2.05. The van der Waals surface area contributed by atoms with Gasteiger partial charge >= 0.3 is 5.97 Å². The highest BCUT2D eigenvalue weighted by molar-refractivity contribution is 7.98.